The molecule has 0 aliphatic rings. The summed E-state index contributed by atoms with van der Waals surface area (Å²) in [5.74, 6) is -0.123. The second kappa shape index (κ2) is 7.48. The van der Waals surface area contributed by atoms with Crippen LogP contribution in [-0.4, -0.2) is 12.5 Å². The van der Waals surface area contributed by atoms with Gasteiger partial charge < -0.3 is 4.90 Å². The van der Waals surface area contributed by atoms with E-state index in [1.165, 1.54) is 0 Å². The molecule has 2 rings (SSSR count). The Labute approximate surface area is 135 Å². The van der Waals surface area contributed by atoms with Crippen LogP contribution in [-0.2, 0) is 0 Å². The van der Waals surface area contributed by atoms with Crippen LogP contribution < -0.4 is 4.90 Å². The van der Waals surface area contributed by atoms with E-state index in [4.69, 9.17) is 23.2 Å². The zero-order valence-corrected chi connectivity index (χ0v) is 13.4. The number of rotatable bonds is 5. The standard InChI is InChI=1S/C17H17Cl2NO/c1-2-3-11-20(14-7-5-4-6-8-14)17(21)15-12-13(18)9-10-16(15)19/h4-10,12H,2-3,11H2,1H3. The summed E-state index contributed by atoms with van der Waals surface area (Å²) in [5.41, 5.74) is 1.30. The molecule has 0 saturated heterocycles. The van der Waals surface area contributed by atoms with Gasteiger partial charge in [-0.3, -0.25) is 4.79 Å². The molecule has 0 heterocycles. The fourth-order valence-electron chi connectivity index (χ4n) is 2.08. The van der Waals surface area contributed by atoms with E-state index in [-0.39, 0.29) is 5.91 Å². The van der Waals surface area contributed by atoms with Crippen LogP contribution in [0.1, 0.15) is 30.1 Å². The van der Waals surface area contributed by atoms with E-state index >= 15 is 0 Å². The van der Waals surface area contributed by atoms with Gasteiger partial charge in [-0.05, 0) is 36.8 Å². The van der Waals surface area contributed by atoms with E-state index in [2.05, 4.69) is 6.92 Å². The van der Waals surface area contributed by atoms with Crippen LogP contribution in [0.2, 0.25) is 10.0 Å². The van der Waals surface area contributed by atoms with Gasteiger partial charge in [-0.2, -0.15) is 0 Å². The Kier molecular flexibility index (Phi) is 5.66. The van der Waals surface area contributed by atoms with Gasteiger partial charge in [0.1, 0.15) is 0 Å². The molecule has 2 aromatic carbocycles. The number of unbranched alkanes of at least 4 members (excludes halogenated alkanes) is 1. The lowest BCUT2D eigenvalue weighted by atomic mass is 10.1. The molecule has 21 heavy (non-hydrogen) atoms. The third-order valence-electron chi connectivity index (χ3n) is 3.21. The predicted octanol–water partition coefficient (Wildman–Crippen LogP) is 5.44. The Morgan fingerprint density at radius 2 is 1.81 bits per heavy atom. The highest BCUT2D eigenvalue weighted by atomic mass is 35.5. The molecule has 0 atom stereocenters. The monoisotopic (exact) mass is 321 g/mol. The summed E-state index contributed by atoms with van der Waals surface area (Å²) in [6.45, 7) is 2.75. The molecule has 0 fully saturated rings. The first-order chi connectivity index (χ1) is 10.1. The Bertz CT molecular complexity index is 613. The minimum Gasteiger partial charge on any atom is -0.308 e. The smallest absolute Gasteiger partial charge is 0.259 e. The molecule has 0 radical (unpaired) electrons. The Morgan fingerprint density at radius 1 is 1.10 bits per heavy atom. The number of anilines is 1. The lowest BCUT2D eigenvalue weighted by Crippen LogP contribution is -2.32. The molecule has 0 spiro atoms. The Hall–Kier alpha value is -1.51. The maximum Gasteiger partial charge on any atom is 0.259 e. The summed E-state index contributed by atoms with van der Waals surface area (Å²) in [5, 5.41) is 0.924. The molecule has 2 nitrogen and oxygen atoms in total. The molecule has 1 amide bonds. The summed E-state index contributed by atoms with van der Waals surface area (Å²) in [6.07, 6.45) is 1.94. The molecule has 0 aliphatic carbocycles. The maximum absolute atomic E-state index is 12.8. The van der Waals surface area contributed by atoms with Crippen LogP contribution in [0, 0.1) is 0 Å². The third-order valence-corrected chi connectivity index (χ3v) is 3.77. The highest BCUT2D eigenvalue weighted by molar-refractivity contribution is 6.36. The quantitative estimate of drug-likeness (QED) is 0.718. The van der Waals surface area contributed by atoms with Crippen molar-refractivity contribution in [2.75, 3.05) is 11.4 Å². The van der Waals surface area contributed by atoms with Crippen molar-refractivity contribution in [3.8, 4) is 0 Å². The van der Waals surface area contributed by atoms with Crippen LogP contribution in [0.25, 0.3) is 0 Å². The minimum atomic E-state index is -0.123. The van der Waals surface area contributed by atoms with E-state index < -0.39 is 0 Å². The highest BCUT2D eigenvalue weighted by Crippen LogP contribution is 2.25. The predicted molar refractivity (Wildman–Crippen MR) is 89.5 cm³/mol. The molecule has 0 aromatic heterocycles. The van der Waals surface area contributed by atoms with Crippen LogP contribution in [0.5, 0.6) is 0 Å². The van der Waals surface area contributed by atoms with Crippen LogP contribution in [0.3, 0.4) is 0 Å². The number of carbonyl (C=O) groups is 1. The van der Waals surface area contributed by atoms with Gasteiger partial charge in [0.2, 0.25) is 0 Å². The van der Waals surface area contributed by atoms with Crippen molar-refractivity contribution in [2.45, 2.75) is 19.8 Å². The molecule has 110 valence electrons. The first kappa shape index (κ1) is 15.9. The van der Waals surface area contributed by atoms with E-state index in [0.29, 0.717) is 22.2 Å². The van der Waals surface area contributed by atoms with Crippen molar-refractivity contribution < 1.29 is 4.79 Å². The molecular formula is C17H17Cl2NO. The first-order valence-electron chi connectivity index (χ1n) is 6.95. The SMILES string of the molecule is CCCCN(C(=O)c1cc(Cl)ccc1Cl)c1ccccc1. The van der Waals surface area contributed by atoms with Crippen molar-refractivity contribution in [1.29, 1.82) is 0 Å². The number of hydrogen-bond donors (Lipinski definition) is 0. The zero-order valence-electron chi connectivity index (χ0n) is 11.9. The van der Waals surface area contributed by atoms with Crippen molar-refractivity contribution in [3.63, 3.8) is 0 Å². The second-order valence-corrected chi connectivity index (χ2v) is 5.61. The van der Waals surface area contributed by atoms with Gasteiger partial charge in [-0.15, -0.1) is 0 Å². The van der Waals surface area contributed by atoms with Gasteiger partial charge in [-0.25, -0.2) is 0 Å². The second-order valence-electron chi connectivity index (χ2n) is 4.77. The molecule has 0 N–H and O–H groups in total. The topological polar surface area (TPSA) is 20.3 Å². The normalized spacial score (nSPS) is 10.4. The van der Waals surface area contributed by atoms with Crippen molar-refractivity contribution in [1.82, 2.24) is 0 Å². The maximum atomic E-state index is 12.8. The van der Waals surface area contributed by atoms with E-state index in [1.54, 1.807) is 23.1 Å². The summed E-state index contributed by atoms with van der Waals surface area (Å²) in [7, 11) is 0. The fraction of sp³-hybridized carbons (Fsp3) is 0.235. The number of hydrogen-bond acceptors (Lipinski definition) is 1. The number of halogens is 2. The molecule has 0 unspecified atom stereocenters. The molecule has 0 bridgehead atoms. The average molecular weight is 322 g/mol. The van der Waals surface area contributed by atoms with Crippen molar-refractivity contribution >= 4 is 34.8 Å². The van der Waals surface area contributed by atoms with Gasteiger partial charge in [-0.1, -0.05) is 54.7 Å². The van der Waals surface area contributed by atoms with E-state index in [9.17, 15) is 4.79 Å². The number of carbonyl (C=O) groups excluding carboxylic acids is 1. The van der Waals surface area contributed by atoms with Gasteiger partial charge in [0.25, 0.3) is 5.91 Å². The summed E-state index contributed by atoms with van der Waals surface area (Å²) in [6, 6.07) is 14.6. The summed E-state index contributed by atoms with van der Waals surface area (Å²) >= 11 is 12.1. The first-order valence-corrected chi connectivity index (χ1v) is 7.71. The number of amides is 1. The van der Waals surface area contributed by atoms with Gasteiger partial charge in [0.05, 0.1) is 10.6 Å². The van der Waals surface area contributed by atoms with Gasteiger partial charge in [0.15, 0.2) is 0 Å². The number of nitrogens with zero attached hydrogens (tertiary/aromatic N) is 1. The Balaban J connectivity index is 2.36. The minimum absolute atomic E-state index is 0.123. The van der Waals surface area contributed by atoms with E-state index in [0.717, 1.165) is 18.5 Å². The lowest BCUT2D eigenvalue weighted by Gasteiger charge is -2.23. The average Bonchev–Trinajstić information content (AvgIpc) is 2.51. The molecule has 2 aromatic rings. The third kappa shape index (κ3) is 3.99. The summed E-state index contributed by atoms with van der Waals surface area (Å²) < 4.78 is 0. The van der Waals surface area contributed by atoms with Crippen LogP contribution in [0.15, 0.2) is 48.5 Å². The fourth-order valence-corrected chi connectivity index (χ4v) is 2.45. The van der Waals surface area contributed by atoms with E-state index in [1.807, 2.05) is 30.3 Å². The van der Waals surface area contributed by atoms with Crippen molar-refractivity contribution in [2.24, 2.45) is 0 Å². The van der Waals surface area contributed by atoms with Crippen LogP contribution >= 0.6 is 23.2 Å². The highest BCUT2D eigenvalue weighted by Gasteiger charge is 2.19. The Morgan fingerprint density at radius 3 is 2.48 bits per heavy atom. The number of benzene rings is 2. The van der Waals surface area contributed by atoms with Gasteiger partial charge >= 0.3 is 0 Å². The van der Waals surface area contributed by atoms with Gasteiger partial charge in [0, 0.05) is 17.3 Å². The molecule has 0 aliphatic heterocycles. The number of para-hydroxylation sites is 1. The van der Waals surface area contributed by atoms with Crippen molar-refractivity contribution in [3.05, 3.63) is 64.1 Å². The van der Waals surface area contributed by atoms with Crippen LogP contribution in [0.4, 0.5) is 5.69 Å². The largest absolute Gasteiger partial charge is 0.308 e. The molecular weight excluding hydrogens is 305 g/mol. The molecule has 4 heteroatoms. The zero-order chi connectivity index (χ0) is 15.2. The lowest BCUT2D eigenvalue weighted by molar-refractivity contribution is 0.0986. The molecule has 0 saturated carbocycles. The summed E-state index contributed by atoms with van der Waals surface area (Å²) in [4.78, 5) is 14.6.